The second kappa shape index (κ2) is 6.42. The Bertz CT molecular complexity index is 514. The number of amides is 1. The van der Waals surface area contributed by atoms with Crippen LogP contribution in [0.25, 0.3) is 0 Å². The monoisotopic (exact) mass is 281 g/mol. The maximum Gasteiger partial charge on any atom is 0.273 e. The van der Waals surface area contributed by atoms with Crippen molar-refractivity contribution in [2.45, 2.75) is 25.3 Å². The van der Waals surface area contributed by atoms with Gasteiger partial charge in [0.05, 0.1) is 11.0 Å². The minimum absolute atomic E-state index is 0.0269. The minimum atomic E-state index is -0.789. The number of rotatable bonds is 3. The maximum absolute atomic E-state index is 13.3. The first-order valence-electron chi connectivity index (χ1n) is 6.53. The number of carbonyl (C=O) groups is 1. The Balaban J connectivity index is 2.10. The first kappa shape index (κ1) is 14.4. The average molecular weight is 281 g/mol. The smallest absolute Gasteiger partial charge is 0.273 e. The van der Waals surface area contributed by atoms with E-state index in [1.807, 2.05) is 0 Å². The summed E-state index contributed by atoms with van der Waals surface area (Å²) in [5.41, 5.74) is -0.449. The van der Waals surface area contributed by atoms with Gasteiger partial charge in [-0.3, -0.25) is 14.9 Å². The van der Waals surface area contributed by atoms with E-state index in [2.05, 4.69) is 10.6 Å². The molecule has 1 heterocycles. The van der Waals surface area contributed by atoms with Gasteiger partial charge in [0, 0.05) is 24.2 Å². The molecule has 108 valence electrons. The lowest BCUT2D eigenvalue weighted by Crippen LogP contribution is -2.40. The van der Waals surface area contributed by atoms with Crippen molar-refractivity contribution in [2.24, 2.45) is 0 Å². The SMILES string of the molecule is O=C(NC1CCCCNC1)c1cc(F)cc([N+](=O)[O-])c1. The summed E-state index contributed by atoms with van der Waals surface area (Å²) in [6.45, 7) is 1.57. The van der Waals surface area contributed by atoms with Crippen molar-refractivity contribution in [3.8, 4) is 0 Å². The molecule has 1 saturated heterocycles. The molecule has 6 nitrogen and oxygen atoms in total. The number of carbonyl (C=O) groups excluding carboxylic acids is 1. The van der Waals surface area contributed by atoms with Crippen LogP contribution in [-0.4, -0.2) is 30.0 Å². The number of hydrogen-bond acceptors (Lipinski definition) is 4. The van der Waals surface area contributed by atoms with Crippen molar-refractivity contribution in [1.82, 2.24) is 10.6 Å². The second-order valence-electron chi connectivity index (χ2n) is 4.83. The molecule has 2 rings (SSSR count). The number of hydrogen-bond donors (Lipinski definition) is 2. The Kier molecular flexibility index (Phi) is 4.62. The van der Waals surface area contributed by atoms with Crippen LogP contribution in [0, 0.1) is 15.9 Å². The van der Waals surface area contributed by atoms with Gasteiger partial charge in [-0.05, 0) is 25.5 Å². The average Bonchev–Trinajstić information content (AvgIpc) is 2.66. The van der Waals surface area contributed by atoms with Gasteiger partial charge in [-0.15, -0.1) is 0 Å². The molecule has 7 heteroatoms. The summed E-state index contributed by atoms with van der Waals surface area (Å²) in [6, 6.07) is 2.85. The van der Waals surface area contributed by atoms with Gasteiger partial charge in [0.25, 0.3) is 11.6 Å². The molecule has 1 unspecified atom stereocenters. The van der Waals surface area contributed by atoms with Crippen LogP contribution in [0.4, 0.5) is 10.1 Å². The zero-order valence-corrected chi connectivity index (χ0v) is 10.9. The minimum Gasteiger partial charge on any atom is -0.348 e. The predicted octanol–water partition coefficient (Wildman–Crippen LogP) is 1.61. The molecule has 1 aliphatic heterocycles. The normalized spacial score (nSPS) is 19.1. The van der Waals surface area contributed by atoms with Crippen LogP contribution in [0.15, 0.2) is 18.2 Å². The van der Waals surface area contributed by atoms with E-state index in [-0.39, 0.29) is 11.6 Å². The van der Waals surface area contributed by atoms with Crippen molar-refractivity contribution in [3.05, 3.63) is 39.7 Å². The lowest BCUT2D eigenvalue weighted by atomic mass is 10.1. The van der Waals surface area contributed by atoms with E-state index < -0.39 is 22.3 Å². The van der Waals surface area contributed by atoms with E-state index >= 15 is 0 Å². The number of nitrogens with zero attached hydrogens (tertiary/aromatic N) is 1. The summed E-state index contributed by atoms with van der Waals surface area (Å²) in [5.74, 6) is -1.27. The van der Waals surface area contributed by atoms with Crippen molar-refractivity contribution >= 4 is 11.6 Å². The number of nitro benzene ring substituents is 1. The number of nitro groups is 1. The van der Waals surface area contributed by atoms with Gasteiger partial charge < -0.3 is 10.6 Å². The molecule has 0 radical (unpaired) electrons. The molecule has 20 heavy (non-hydrogen) atoms. The van der Waals surface area contributed by atoms with Crippen LogP contribution in [0.3, 0.4) is 0 Å². The quantitative estimate of drug-likeness (QED) is 0.651. The van der Waals surface area contributed by atoms with Gasteiger partial charge in [-0.25, -0.2) is 4.39 Å². The Morgan fingerprint density at radius 1 is 1.40 bits per heavy atom. The molecule has 0 spiro atoms. The summed E-state index contributed by atoms with van der Waals surface area (Å²) >= 11 is 0. The van der Waals surface area contributed by atoms with Gasteiger partial charge >= 0.3 is 0 Å². The molecule has 0 aromatic heterocycles. The zero-order valence-electron chi connectivity index (χ0n) is 10.9. The fourth-order valence-corrected chi connectivity index (χ4v) is 2.22. The summed E-state index contributed by atoms with van der Waals surface area (Å²) in [6.07, 6.45) is 2.90. The van der Waals surface area contributed by atoms with E-state index in [9.17, 15) is 19.3 Å². The third-order valence-corrected chi connectivity index (χ3v) is 3.24. The standard InChI is InChI=1S/C13H16FN3O3/c14-10-5-9(6-12(7-10)17(19)20)13(18)16-11-3-1-2-4-15-8-11/h5-7,11,15H,1-4,8H2,(H,16,18). The fourth-order valence-electron chi connectivity index (χ4n) is 2.22. The lowest BCUT2D eigenvalue weighted by molar-refractivity contribution is -0.385. The van der Waals surface area contributed by atoms with E-state index in [1.54, 1.807) is 0 Å². The van der Waals surface area contributed by atoms with Gasteiger partial charge in [-0.2, -0.15) is 0 Å². The topological polar surface area (TPSA) is 84.3 Å². The Morgan fingerprint density at radius 3 is 2.95 bits per heavy atom. The highest BCUT2D eigenvalue weighted by Crippen LogP contribution is 2.16. The first-order chi connectivity index (χ1) is 9.56. The molecule has 2 N–H and O–H groups in total. The molecular weight excluding hydrogens is 265 g/mol. The largest absolute Gasteiger partial charge is 0.348 e. The first-order valence-corrected chi connectivity index (χ1v) is 6.53. The van der Waals surface area contributed by atoms with Crippen LogP contribution in [-0.2, 0) is 0 Å². The van der Waals surface area contributed by atoms with Crippen LogP contribution < -0.4 is 10.6 Å². The predicted molar refractivity (Wildman–Crippen MR) is 71.0 cm³/mol. The van der Waals surface area contributed by atoms with E-state index in [0.29, 0.717) is 6.54 Å². The maximum atomic E-state index is 13.3. The van der Waals surface area contributed by atoms with Gasteiger partial charge in [0.2, 0.25) is 0 Å². The third kappa shape index (κ3) is 3.74. The second-order valence-corrected chi connectivity index (χ2v) is 4.83. The van der Waals surface area contributed by atoms with E-state index in [0.717, 1.165) is 44.0 Å². The molecule has 1 aliphatic rings. The molecule has 0 saturated carbocycles. The highest BCUT2D eigenvalue weighted by Gasteiger charge is 2.18. The van der Waals surface area contributed by atoms with Crippen LogP contribution in [0.1, 0.15) is 29.6 Å². The highest BCUT2D eigenvalue weighted by molar-refractivity contribution is 5.95. The van der Waals surface area contributed by atoms with Crippen LogP contribution in [0.2, 0.25) is 0 Å². The summed E-state index contributed by atoms with van der Waals surface area (Å²) < 4.78 is 13.3. The zero-order chi connectivity index (χ0) is 14.5. The molecule has 1 aromatic carbocycles. The summed E-state index contributed by atoms with van der Waals surface area (Å²) in [7, 11) is 0. The Morgan fingerprint density at radius 2 is 2.20 bits per heavy atom. The lowest BCUT2D eigenvalue weighted by Gasteiger charge is -2.16. The van der Waals surface area contributed by atoms with Crippen LogP contribution >= 0.6 is 0 Å². The van der Waals surface area contributed by atoms with Gasteiger partial charge in [0.1, 0.15) is 5.82 Å². The van der Waals surface area contributed by atoms with E-state index in [4.69, 9.17) is 0 Å². The van der Waals surface area contributed by atoms with Crippen molar-refractivity contribution in [3.63, 3.8) is 0 Å². The molecule has 1 amide bonds. The molecule has 1 fully saturated rings. The van der Waals surface area contributed by atoms with Crippen molar-refractivity contribution in [2.75, 3.05) is 13.1 Å². The number of halogens is 1. The fraction of sp³-hybridized carbons (Fsp3) is 0.462. The molecule has 1 aromatic rings. The number of benzene rings is 1. The molecule has 0 aliphatic carbocycles. The number of non-ortho nitro benzene ring substituents is 1. The molecular formula is C13H16FN3O3. The van der Waals surface area contributed by atoms with Gasteiger partial charge in [0.15, 0.2) is 0 Å². The number of nitrogens with one attached hydrogen (secondary N) is 2. The van der Waals surface area contributed by atoms with Crippen molar-refractivity contribution in [1.29, 1.82) is 0 Å². The summed E-state index contributed by atoms with van der Waals surface area (Å²) in [4.78, 5) is 22.0. The Hall–Kier alpha value is -2.02. The molecule has 1 atom stereocenters. The van der Waals surface area contributed by atoms with Gasteiger partial charge in [-0.1, -0.05) is 6.42 Å². The third-order valence-electron chi connectivity index (χ3n) is 3.24. The molecule has 0 bridgehead atoms. The summed E-state index contributed by atoms with van der Waals surface area (Å²) in [5, 5.41) is 16.6. The highest BCUT2D eigenvalue weighted by atomic mass is 19.1. The van der Waals surface area contributed by atoms with Crippen LogP contribution in [0.5, 0.6) is 0 Å². The Labute approximate surface area is 115 Å². The van der Waals surface area contributed by atoms with E-state index in [1.165, 1.54) is 0 Å². The van der Waals surface area contributed by atoms with Crippen molar-refractivity contribution < 1.29 is 14.1 Å².